The van der Waals surface area contributed by atoms with E-state index >= 15 is 0 Å². The largest absolute Gasteiger partial charge is 0.460 e. The lowest BCUT2D eigenvalue weighted by Gasteiger charge is -2.70. The molecular formula is C37H53NO3. The van der Waals surface area contributed by atoms with Gasteiger partial charge in [-0.2, -0.15) is 0 Å². The first-order valence-electron chi connectivity index (χ1n) is 16.3. The summed E-state index contributed by atoms with van der Waals surface area (Å²) in [7, 11) is 0. The number of carbonyl (C=O) groups excluding carboxylic acids is 2. The van der Waals surface area contributed by atoms with E-state index in [0.717, 1.165) is 63.4 Å². The Morgan fingerprint density at radius 2 is 1.59 bits per heavy atom. The molecule has 9 atom stereocenters. The number of carbonyl (C=O) groups is 2. The fourth-order valence-electron chi connectivity index (χ4n) is 11.3. The van der Waals surface area contributed by atoms with Crippen LogP contribution in [0, 0.1) is 50.2 Å². The molecule has 0 aliphatic heterocycles. The number of fused-ring (bicyclic) bond motifs is 7. The lowest BCUT2D eigenvalue weighted by Crippen LogP contribution is -2.67. The van der Waals surface area contributed by atoms with E-state index in [0.29, 0.717) is 18.3 Å². The molecule has 1 unspecified atom stereocenters. The lowest BCUT2D eigenvalue weighted by atomic mass is 9.33. The van der Waals surface area contributed by atoms with Crippen LogP contribution in [0.4, 0.5) is 0 Å². The zero-order valence-corrected chi connectivity index (χ0v) is 26.6. The van der Waals surface area contributed by atoms with Gasteiger partial charge in [-0.15, -0.1) is 0 Å². The van der Waals surface area contributed by atoms with Crippen molar-refractivity contribution in [3.63, 3.8) is 0 Å². The van der Waals surface area contributed by atoms with Crippen LogP contribution in [0.15, 0.2) is 42.0 Å². The zero-order valence-electron chi connectivity index (χ0n) is 26.6. The average Bonchev–Trinajstić information content (AvgIpc) is 2.92. The number of nitrogens with two attached hydrogens (primary N) is 1. The van der Waals surface area contributed by atoms with E-state index in [4.69, 9.17) is 10.5 Å². The lowest BCUT2D eigenvalue weighted by molar-refractivity contribution is -0.188. The van der Waals surface area contributed by atoms with Crippen LogP contribution in [0.5, 0.6) is 0 Å². The van der Waals surface area contributed by atoms with Crippen LogP contribution in [0.3, 0.4) is 0 Å². The minimum atomic E-state index is -0.536. The van der Waals surface area contributed by atoms with Crippen LogP contribution in [0.1, 0.15) is 112 Å². The monoisotopic (exact) mass is 559 g/mol. The molecule has 0 radical (unpaired) electrons. The molecule has 4 saturated carbocycles. The quantitative estimate of drug-likeness (QED) is 0.381. The van der Waals surface area contributed by atoms with Gasteiger partial charge in [-0.05, 0) is 115 Å². The second-order valence-corrected chi connectivity index (χ2v) is 16.8. The van der Waals surface area contributed by atoms with Crippen molar-refractivity contribution in [3.05, 3.63) is 47.5 Å². The molecule has 224 valence electrons. The van der Waals surface area contributed by atoms with Gasteiger partial charge in [0.1, 0.15) is 6.61 Å². The van der Waals surface area contributed by atoms with E-state index in [1.54, 1.807) is 0 Å². The van der Waals surface area contributed by atoms with Gasteiger partial charge in [0.25, 0.3) is 0 Å². The zero-order chi connectivity index (χ0) is 29.6. The first kappa shape index (κ1) is 29.1. The Hall–Kier alpha value is -1.94. The molecule has 0 bridgehead atoms. The van der Waals surface area contributed by atoms with Crippen LogP contribution in [-0.4, -0.2) is 17.8 Å². The van der Waals surface area contributed by atoms with E-state index in [1.165, 1.54) is 5.57 Å². The molecule has 4 nitrogen and oxygen atoms in total. The number of ketones is 1. The van der Waals surface area contributed by atoms with Crippen molar-refractivity contribution in [2.24, 2.45) is 56.0 Å². The van der Waals surface area contributed by atoms with Gasteiger partial charge in [-0.25, -0.2) is 0 Å². The Morgan fingerprint density at radius 1 is 0.902 bits per heavy atom. The Bertz CT molecular complexity index is 1270. The minimum Gasteiger partial charge on any atom is -0.460 e. The van der Waals surface area contributed by atoms with Crippen LogP contribution < -0.4 is 5.73 Å². The third-order valence-corrected chi connectivity index (χ3v) is 14.4. The minimum absolute atomic E-state index is 0.0302. The molecule has 1 aromatic carbocycles. The Balaban J connectivity index is 1.34. The summed E-state index contributed by atoms with van der Waals surface area (Å²) in [5.41, 5.74) is 8.54. The van der Waals surface area contributed by atoms with Gasteiger partial charge in [0, 0.05) is 12.0 Å². The van der Waals surface area contributed by atoms with Crippen molar-refractivity contribution in [2.45, 2.75) is 119 Å². The molecule has 41 heavy (non-hydrogen) atoms. The first-order valence-corrected chi connectivity index (χ1v) is 16.3. The fourth-order valence-corrected chi connectivity index (χ4v) is 11.3. The molecule has 4 fully saturated rings. The number of ether oxygens (including phenoxy) is 1. The number of hydrogen-bond acceptors (Lipinski definition) is 4. The maximum Gasteiger partial charge on any atom is 0.312 e. The highest BCUT2D eigenvalue weighted by Gasteiger charge is 2.70. The normalized spacial score (nSPS) is 46.7. The third kappa shape index (κ3) is 4.01. The molecule has 0 spiro atoms. The Labute approximate surface area is 248 Å². The fraction of sp³-hybridized carbons (Fsp3) is 0.730. The predicted octanol–water partition coefficient (Wildman–Crippen LogP) is 8.04. The molecule has 0 aromatic heterocycles. The Kier molecular flexibility index (Phi) is 6.60. The SMILES string of the molecule is CC1(C)[C@@H](N)CC[C@]2(C)[C@H]3C(=O)C=C4C5C[C@@](C)(C(=O)OCc6ccccc6)CC[C@]5(C)CC[C@@]4(C)[C@]3(C)CC[C@@H]12. The van der Waals surface area contributed by atoms with Gasteiger partial charge >= 0.3 is 5.97 Å². The molecule has 0 heterocycles. The number of hydrogen-bond donors (Lipinski definition) is 1. The van der Waals surface area contributed by atoms with Crippen molar-refractivity contribution in [2.75, 3.05) is 0 Å². The summed E-state index contributed by atoms with van der Waals surface area (Å²) in [5, 5.41) is 0. The molecule has 5 aliphatic carbocycles. The van der Waals surface area contributed by atoms with Gasteiger partial charge in [-0.1, -0.05) is 77.4 Å². The number of rotatable bonds is 3. The predicted molar refractivity (Wildman–Crippen MR) is 164 cm³/mol. The molecular weight excluding hydrogens is 506 g/mol. The van der Waals surface area contributed by atoms with Gasteiger partial charge in [0.2, 0.25) is 0 Å². The van der Waals surface area contributed by atoms with E-state index in [-0.39, 0.29) is 50.9 Å². The summed E-state index contributed by atoms with van der Waals surface area (Å²) in [6.07, 6.45) is 11.3. The van der Waals surface area contributed by atoms with Crippen LogP contribution in [-0.2, 0) is 20.9 Å². The second kappa shape index (κ2) is 9.28. The Morgan fingerprint density at radius 3 is 2.29 bits per heavy atom. The van der Waals surface area contributed by atoms with Crippen molar-refractivity contribution in [1.29, 1.82) is 0 Å². The maximum atomic E-state index is 14.5. The number of benzene rings is 1. The number of allylic oxidation sites excluding steroid dienone is 2. The summed E-state index contributed by atoms with van der Waals surface area (Å²) in [6, 6.07) is 10.2. The van der Waals surface area contributed by atoms with Crippen LogP contribution >= 0.6 is 0 Å². The molecule has 0 amide bonds. The first-order chi connectivity index (χ1) is 19.1. The van der Waals surface area contributed by atoms with Gasteiger partial charge in [0.15, 0.2) is 5.78 Å². The van der Waals surface area contributed by atoms with E-state index in [9.17, 15) is 9.59 Å². The van der Waals surface area contributed by atoms with Crippen LogP contribution in [0.2, 0.25) is 0 Å². The summed E-state index contributed by atoms with van der Waals surface area (Å²) in [5.74, 6) is 0.987. The standard InChI is InChI=1S/C37H53NO3/c1-32(2)28-13-16-37(7)30(35(28,5)15-14-29(32)38)27(39)21-25-26-22-34(4,18-17-33(26,3)19-20-36(25,37)6)31(40)41-23-24-11-9-8-10-12-24/h8-12,21,26,28-30H,13-20,22-23,38H2,1-7H3/t26?,28-,29-,30+,33+,34-,35-,36+,37+/m0/s1. The molecule has 0 saturated heterocycles. The highest BCUT2D eigenvalue weighted by molar-refractivity contribution is 5.95. The van der Waals surface area contributed by atoms with Crippen LogP contribution in [0.25, 0.3) is 0 Å². The molecule has 1 aromatic rings. The maximum absolute atomic E-state index is 14.5. The van der Waals surface area contributed by atoms with Crippen molar-refractivity contribution >= 4 is 11.8 Å². The number of esters is 1. The van der Waals surface area contributed by atoms with E-state index < -0.39 is 5.41 Å². The van der Waals surface area contributed by atoms with Crippen molar-refractivity contribution in [3.8, 4) is 0 Å². The summed E-state index contributed by atoms with van der Waals surface area (Å²) in [4.78, 5) is 28.2. The van der Waals surface area contributed by atoms with E-state index in [1.807, 2.05) is 30.3 Å². The summed E-state index contributed by atoms with van der Waals surface area (Å²) < 4.78 is 5.94. The smallest absolute Gasteiger partial charge is 0.312 e. The molecule has 5 aliphatic rings. The molecule has 4 heteroatoms. The average molecular weight is 560 g/mol. The highest BCUT2D eigenvalue weighted by Crippen LogP contribution is 2.75. The highest BCUT2D eigenvalue weighted by atomic mass is 16.5. The topological polar surface area (TPSA) is 69.4 Å². The molecule has 6 rings (SSSR count). The summed E-state index contributed by atoms with van der Waals surface area (Å²) in [6.45, 7) is 16.9. The second-order valence-electron chi connectivity index (χ2n) is 16.8. The third-order valence-electron chi connectivity index (χ3n) is 14.4. The van der Waals surface area contributed by atoms with E-state index in [2.05, 4.69) is 54.5 Å². The van der Waals surface area contributed by atoms with Gasteiger partial charge in [0.05, 0.1) is 5.41 Å². The van der Waals surface area contributed by atoms with Gasteiger partial charge < -0.3 is 10.5 Å². The van der Waals surface area contributed by atoms with Crippen molar-refractivity contribution < 1.29 is 14.3 Å². The molecule has 2 N–H and O–H groups in total. The van der Waals surface area contributed by atoms with Crippen molar-refractivity contribution in [1.82, 2.24) is 0 Å². The van der Waals surface area contributed by atoms with Gasteiger partial charge in [-0.3, -0.25) is 9.59 Å². The summed E-state index contributed by atoms with van der Waals surface area (Å²) >= 11 is 0.